The Morgan fingerprint density at radius 3 is 2.73 bits per heavy atom. The molecule has 0 aliphatic carbocycles. The third kappa shape index (κ3) is 1.86. The summed E-state index contributed by atoms with van der Waals surface area (Å²) in [7, 11) is 0. The average molecular weight is 266 g/mol. The van der Waals surface area contributed by atoms with E-state index in [0.717, 1.165) is 0 Å². The number of nitrogens with zero attached hydrogens (tertiary/aromatic N) is 1. The zero-order valence-corrected chi connectivity index (χ0v) is 7.50. The van der Waals surface area contributed by atoms with Crippen LogP contribution < -0.4 is 5.73 Å². The highest BCUT2D eigenvalue weighted by molar-refractivity contribution is 14.1. The highest BCUT2D eigenvalue weighted by atomic mass is 127. The zero-order valence-electron chi connectivity index (χ0n) is 5.34. The minimum Gasteiger partial charge on any atom is -0.364 e. The van der Waals surface area contributed by atoms with E-state index in [9.17, 15) is 9.18 Å². The molecule has 1 amide bonds. The molecule has 0 saturated carbocycles. The van der Waals surface area contributed by atoms with E-state index in [1.807, 2.05) is 22.6 Å². The molecule has 1 rings (SSSR count). The Balaban J connectivity index is 3.23. The number of amides is 1. The molecule has 0 saturated heterocycles. The van der Waals surface area contributed by atoms with Crippen molar-refractivity contribution in [3.05, 3.63) is 27.3 Å². The standard InChI is InChI=1S/C6H4FIN2O/c7-4-2-1-3(8)5(10-4)6(9)11/h1-2H,(H2,9,11). The molecule has 58 valence electrons. The van der Waals surface area contributed by atoms with Crippen molar-refractivity contribution in [1.29, 1.82) is 0 Å². The van der Waals surface area contributed by atoms with Gasteiger partial charge in [-0.1, -0.05) is 0 Å². The van der Waals surface area contributed by atoms with Gasteiger partial charge in [0.15, 0.2) is 0 Å². The number of carbonyl (C=O) groups excluding carboxylic acids is 1. The van der Waals surface area contributed by atoms with Crippen LogP contribution in [0.5, 0.6) is 0 Å². The van der Waals surface area contributed by atoms with E-state index < -0.39 is 11.9 Å². The van der Waals surface area contributed by atoms with Crippen LogP contribution in [0.2, 0.25) is 0 Å². The van der Waals surface area contributed by atoms with Gasteiger partial charge in [-0.2, -0.15) is 4.39 Å². The summed E-state index contributed by atoms with van der Waals surface area (Å²) in [6.07, 6.45) is 0. The van der Waals surface area contributed by atoms with Gasteiger partial charge in [0, 0.05) is 3.57 Å². The molecule has 0 atom stereocenters. The first kappa shape index (κ1) is 8.38. The topological polar surface area (TPSA) is 56.0 Å². The second kappa shape index (κ2) is 3.12. The highest BCUT2D eigenvalue weighted by Crippen LogP contribution is 2.08. The molecule has 1 aromatic heterocycles. The van der Waals surface area contributed by atoms with Gasteiger partial charge in [-0.05, 0) is 34.7 Å². The summed E-state index contributed by atoms with van der Waals surface area (Å²) in [5.41, 5.74) is 4.89. The molecule has 5 heteroatoms. The van der Waals surface area contributed by atoms with Gasteiger partial charge in [0.25, 0.3) is 5.91 Å². The van der Waals surface area contributed by atoms with Gasteiger partial charge in [-0.25, -0.2) is 4.98 Å². The molecular formula is C6H4FIN2O. The third-order valence-electron chi connectivity index (χ3n) is 1.05. The first-order valence-corrected chi connectivity index (χ1v) is 3.81. The smallest absolute Gasteiger partial charge is 0.268 e. The van der Waals surface area contributed by atoms with E-state index in [4.69, 9.17) is 5.73 Å². The largest absolute Gasteiger partial charge is 0.364 e. The summed E-state index contributed by atoms with van der Waals surface area (Å²) in [6, 6.07) is 2.62. The molecule has 0 aliphatic heterocycles. The van der Waals surface area contributed by atoms with Crippen molar-refractivity contribution in [2.24, 2.45) is 5.73 Å². The lowest BCUT2D eigenvalue weighted by Crippen LogP contribution is -2.15. The maximum absolute atomic E-state index is 12.4. The Kier molecular flexibility index (Phi) is 2.38. The monoisotopic (exact) mass is 266 g/mol. The predicted molar refractivity (Wildman–Crippen MR) is 45.4 cm³/mol. The lowest BCUT2D eigenvalue weighted by atomic mass is 10.3. The Bertz CT molecular complexity index is 303. The molecule has 3 nitrogen and oxygen atoms in total. The van der Waals surface area contributed by atoms with E-state index in [-0.39, 0.29) is 5.69 Å². The summed E-state index contributed by atoms with van der Waals surface area (Å²) >= 11 is 1.86. The third-order valence-corrected chi connectivity index (χ3v) is 1.92. The fourth-order valence-corrected chi connectivity index (χ4v) is 1.16. The van der Waals surface area contributed by atoms with Crippen molar-refractivity contribution in [3.63, 3.8) is 0 Å². The first-order valence-electron chi connectivity index (χ1n) is 2.73. The maximum atomic E-state index is 12.4. The molecule has 0 spiro atoms. The van der Waals surface area contributed by atoms with E-state index in [2.05, 4.69) is 4.98 Å². The van der Waals surface area contributed by atoms with Gasteiger partial charge in [0.1, 0.15) is 5.69 Å². The van der Waals surface area contributed by atoms with Crippen molar-refractivity contribution in [1.82, 2.24) is 4.98 Å². The van der Waals surface area contributed by atoms with Gasteiger partial charge >= 0.3 is 0 Å². The van der Waals surface area contributed by atoms with Gasteiger partial charge in [-0.15, -0.1) is 0 Å². The van der Waals surface area contributed by atoms with Crippen LogP contribution in [-0.4, -0.2) is 10.9 Å². The fraction of sp³-hybridized carbons (Fsp3) is 0. The normalized spacial score (nSPS) is 9.64. The molecule has 1 heterocycles. The van der Waals surface area contributed by atoms with Crippen LogP contribution in [-0.2, 0) is 0 Å². The lowest BCUT2D eigenvalue weighted by molar-refractivity contribution is 0.0993. The Labute approximate surface area is 75.9 Å². The SMILES string of the molecule is NC(=O)c1nc(F)ccc1I. The summed E-state index contributed by atoms with van der Waals surface area (Å²) in [6.45, 7) is 0. The van der Waals surface area contributed by atoms with Crippen molar-refractivity contribution < 1.29 is 9.18 Å². The first-order chi connectivity index (χ1) is 5.11. The number of hydrogen-bond acceptors (Lipinski definition) is 2. The van der Waals surface area contributed by atoms with Crippen LogP contribution in [0.3, 0.4) is 0 Å². The zero-order chi connectivity index (χ0) is 8.43. The van der Waals surface area contributed by atoms with Crippen molar-refractivity contribution in [2.75, 3.05) is 0 Å². The van der Waals surface area contributed by atoms with E-state index in [0.29, 0.717) is 3.57 Å². The summed E-state index contributed by atoms with van der Waals surface area (Å²) < 4.78 is 12.9. The molecule has 0 unspecified atom stereocenters. The number of primary amides is 1. The molecular weight excluding hydrogens is 262 g/mol. The van der Waals surface area contributed by atoms with Gasteiger partial charge in [-0.3, -0.25) is 4.79 Å². The number of nitrogens with two attached hydrogens (primary N) is 1. The molecule has 11 heavy (non-hydrogen) atoms. The van der Waals surface area contributed by atoms with E-state index in [1.54, 1.807) is 0 Å². The van der Waals surface area contributed by atoms with Gasteiger partial charge in [0.2, 0.25) is 5.95 Å². The lowest BCUT2D eigenvalue weighted by Gasteiger charge is -1.96. The number of hydrogen-bond donors (Lipinski definition) is 1. The summed E-state index contributed by atoms with van der Waals surface area (Å²) in [5, 5.41) is 0. The predicted octanol–water partition coefficient (Wildman–Crippen LogP) is 0.924. The fourth-order valence-electron chi connectivity index (χ4n) is 0.591. The number of carbonyl (C=O) groups is 1. The van der Waals surface area contributed by atoms with E-state index in [1.165, 1.54) is 12.1 Å². The molecule has 0 aliphatic rings. The number of rotatable bonds is 1. The molecule has 0 radical (unpaired) electrons. The Hall–Kier alpha value is -0.720. The van der Waals surface area contributed by atoms with Gasteiger partial charge < -0.3 is 5.73 Å². The summed E-state index contributed by atoms with van der Waals surface area (Å²) in [4.78, 5) is 13.9. The minimum absolute atomic E-state index is 0.0226. The van der Waals surface area contributed by atoms with Crippen LogP contribution >= 0.6 is 22.6 Å². The van der Waals surface area contributed by atoms with Crippen molar-refractivity contribution in [3.8, 4) is 0 Å². The van der Waals surface area contributed by atoms with Crippen molar-refractivity contribution in [2.45, 2.75) is 0 Å². The Morgan fingerprint density at radius 1 is 1.64 bits per heavy atom. The second-order valence-electron chi connectivity index (χ2n) is 1.83. The van der Waals surface area contributed by atoms with Crippen LogP contribution in [0.4, 0.5) is 4.39 Å². The van der Waals surface area contributed by atoms with Crippen molar-refractivity contribution >= 4 is 28.5 Å². The van der Waals surface area contributed by atoms with Gasteiger partial charge in [0.05, 0.1) is 0 Å². The molecule has 0 aromatic carbocycles. The van der Waals surface area contributed by atoms with Crippen LogP contribution in [0.1, 0.15) is 10.5 Å². The maximum Gasteiger partial charge on any atom is 0.268 e. The minimum atomic E-state index is -0.714. The van der Waals surface area contributed by atoms with Crippen LogP contribution in [0.25, 0.3) is 0 Å². The van der Waals surface area contributed by atoms with E-state index >= 15 is 0 Å². The molecule has 0 bridgehead atoms. The average Bonchev–Trinajstić information content (AvgIpc) is 1.94. The number of pyridine rings is 1. The second-order valence-corrected chi connectivity index (χ2v) is 2.99. The molecule has 1 aromatic rings. The number of halogens is 2. The molecule has 0 fully saturated rings. The number of aromatic nitrogens is 1. The molecule has 2 N–H and O–H groups in total. The quantitative estimate of drug-likeness (QED) is 0.607. The van der Waals surface area contributed by atoms with Crippen LogP contribution in [0.15, 0.2) is 12.1 Å². The highest BCUT2D eigenvalue weighted by Gasteiger charge is 2.07. The summed E-state index contributed by atoms with van der Waals surface area (Å²) in [5.74, 6) is -1.41. The van der Waals surface area contributed by atoms with Crippen LogP contribution in [0, 0.1) is 9.52 Å². The Morgan fingerprint density at radius 2 is 2.27 bits per heavy atom.